The van der Waals surface area contributed by atoms with Gasteiger partial charge in [-0.3, -0.25) is 0 Å². The van der Waals surface area contributed by atoms with Crippen molar-refractivity contribution in [3.05, 3.63) is 59.2 Å². The van der Waals surface area contributed by atoms with E-state index in [1.165, 1.54) is 50.2 Å². The SMILES string of the molecule is COC(=O)c1ccc(Sc2ccc(C(=O)O)cc2)cc1C(=O)OC. The van der Waals surface area contributed by atoms with Crippen LogP contribution in [0.4, 0.5) is 0 Å². The maximum absolute atomic E-state index is 11.9. The van der Waals surface area contributed by atoms with Gasteiger partial charge < -0.3 is 14.6 Å². The average Bonchev–Trinajstić information content (AvgIpc) is 2.60. The number of carboxylic acid groups (broad SMARTS) is 1. The number of carboxylic acids is 1. The highest BCUT2D eigenvalue weighted by molar-refractivity contribution is 7.99. The Balaban J connectivity index is 2.32. The minimum absolute atomic E-state index is 0.108. The van der Waals surface area contributed by atoms with Crippen molar-refractivity contribution in [2.24, 2.45) is 0 Å². The molecule has 24 heavy (non-hydrogen) atoms. The average molecular weight is 346 g/mol. The molecule has 0 radical (unpaired) electrons. The van der Waals surface area contributed by atoms with Gasteiger partial charge in [-0.15, -0.1) is 0 Å². The molecule has 0 heterocycles. The number of benzene rings is 2. The molecule has 2 aromatic carbocycles. The molecule has 0 saturated heterocycles. The lowest BCUT2D eigenvalue weighted by atomic mass is 10.1. The Labute approximate surface area is 142 Å². The number of carbonyl (C=O) groups excluding carboxylic acids is 2. The van der Waals surface area contributed by atoms with Crippen LogP contribution in [0.5, 0.6) is 0 Å². The second kappa shape index (κ2) is 7.65. The maximum atomic E-state index is 11.9. The summed E-state index contributed by atoms with van der Waals surface area (Å²) in [5.41, 5.74) is 0.419. The lowest BCUT2D eigenvalue weighted by molar-refractivity contribution is 0.0555. The Morgan fingerprint density at radius 3 is 1.92 bits per heavy atom. The van der Waals surface area contributed by atoms with E-state index in [9.17, 15) is 14.4 Å². The van der Waals surface area contributed by atoms with Crippen LogP contribution in [-0.2, 0) is 9.47 Å². The van der Waals surface area contributed by atoms with Gasteiger partial charge >= 0.3 is 17.9 Å². The Kier molecular flexibility index (Phi) is 5.59. The Hall–Kier alpha value is -2.80. The minimum Gasteiger partial charge on any atom is -0.478 e. The molecule has 0 atom stereocenters. The zero-order valence-electron chi connectivity index (χ0n) is 12.9. The van der Waals surface area contributed by atoms with E-state index in [4.69, 9.17) is 9.84 Å². The molecule has 0 amide bonds. The molecule has 0 aliphatic heterocycles. The van der Waals surface area contributed by atoms with Crippen LogP contribution in [-0.4, -0.2) is 37.2 Å². The van der Waals surface area contributed by atoms with Crippen molar-refractivity contribution in [1.82, 2.24) is 0 Å². The van der Waals surface area contributed by atoms with Gasteiger partial charge in [-0.25, -0.2) is 14.4 Å². The van der Waals surface area contributed by atoms with E-state index in [1.54, 1.807) is 18.2 Å². The van der Waals surface area contributed by atoms with Crippen molar-refractivity contribution >= 4 is 29.7 Å². The van der Waals surface area contributed by atoms with E-state index < -0.39 is 17.9 Å². The molecule has 0 saturated carbocycles. The van der Waals surface area contributed by atoms with Gasteiger partial charge in [0.15, 0.2) is 0 Å². The van der Waals surface area contributed by atoms with Crippen LogP contribution in [0, 0.1) is 0 Å². The van der Waals surface area contributed by atoms with Crippen molar-refractivity contribution < 1.29 is 29.0 Å². The van der Waals surface area contributed by atoms with E-state index in [0.717, 1.165) is 4.90 Å². The lowest BCUT2D eigenvalue weighted by Gasteiger charge is -2.09. The highest BCUT2D eigenvalue weighted by Crippen LogP contribution is 2.30. The van der Waals surface area contributed by atoms with Crippen LogP contribution in [0.25, 0.3) is 0 Å². The van der Waals surface area contributed by atoms with Crippen molar-refractivity contribution in [2.75, 3.05) is 14.2 Å². The summed E-state index contributed by atoms with van der Waals surface area (Å²) in [5, 5.41) is 8.89. The third-order valence-corrected chi connectivity index (χ3v) is 4.14. The van der Waals surface area contributed by atoms with Crippen LogP contribution in [0.1, 0.15) is 31.1 Å². The summed E-state index contributed by atoms with van der Waals surface area (Å²) in [6.07, 6.45) is 0. The van der Waals surface area contributed by atoms with Gasteiger partial charge in [0, 0.05) is 9.79 Å². The summed E-state index contributed by atoms with van der Waals surface area (Å²) >= 11 is 1.33. The molecule has 0 aromatic heterocycles. The van der Waals surface area contributed by atoms with Gasteiger partial charge in [-0.2, -0.15) is 0 Å². The lowest BCUT2D eigenvalue weighted by Crippen LogP contribution is -2.11. The van der Waals surface area contributed by atoms with E-state index in [0.29, 0.717) is 4.90 Å². The Morgan fingerprint density at radius 2 is 1.38 bits per heavy atom. The molecule has 0 aliphatic carbocycles. The first-order chi connectivity index (χ1) is 11.5. The first-order valence-electron chi connectivity index (χ1n) is 6.78. The first-order valence-corrected chi connectivity index (χ1v) is 7.59. The van der Waals surface area contributed by atoms with E-state index in [-0.39, 0.29) is 16.7 Å². The van der Waals surface area contributed by atoms with Crippen molar-refractivity contribution in [3.63, 3.8) is 0 Å². The van der Waals surface area contributed by atoms with E-state index in [1.807, 2.05) is 0 Å². The number of ether oxygens (including phenoxy) is 2. The Morgan fingerprint density at radius 1 is 0.833 bits per heavy atom. The second-order valence-corrected chi connectivity index (χ2v) is 5.77. The topological polar surface area (TPSA) is 89.9 Å². The van der Waals surface area contributed by atoms with Crippen molar-refractivity contribution in [3.8, 4) is 0 Å². The molecule has 2 aromatic rings. The van der Waals surface area contributed by atoms with Crippen LogP contribution in [0.3, 0.4) is 0 Å². The van der Waals surface area contributed by atoms with Crippen molar-refractivity contribution in [1.29, 1.82) is 0 Å². The van der Waals surface area contributed by atoms with Crippen LogP contribution < -0.4 is 0 Å². The number of methoxy groups -OCH3 is 2. The number of rotatable bonds is 5. The largest absolute Gasteiger partial charge is 0.478 e. The van der Waals surface area contributed by atoms with E-state index >= 15 is 0 Å². The zero-order valence-corrected chi connectivity index (χ0v) is 13.8. The molecule has 2 rings (SSSR count). The summed E-state index contributed by atoms with van der Waals surface area (Å²) in [5.74, 6) is -2.27. The summed E-state index contributed by atoms with van der Waals surface area (Å²) < 4.78 is 9.35. The zero-order chi connectivity index (χ0) is 17.7. The fraction of sp³-hybridized carbons (Fsp3) is 0.118. The smallest absolute Gasteiger partial charge is 0.338 e. The summed E-state index contributed by atoms with van der Waals surface area (Å²) in [6.45, 7) is 0. The van der Waals surface area contributed by atoms with Gasteiger partial charge in [0.05, 0.1) is 30.9 Å². The predicted octanol–water partition coefficient (Wildman–Crippen LogP) is 3.11. The molecule has 6 nitrogen and oxygen atoms in total. The van der Waals surface area contributed by atoms with E-state index in [2.05, 4.69) is 4.74 Å². The monoisotopic (exact) mass is 346 g/mol. The third-order valence-electron chi connectivity index (χ3n) is 3.14. The number of carbonyl (C=O) groups is 3. The van der Waals surface area contributed by atoms with Gasteiger partial charge in [0.1, 0.15) is 0 Å². The standard InChI is InChI=1S/C17H14O6S/c1-22-16(20)13-8-7-12(9-14(13)17(21)23-2)24-11-5-3-10(4-6-11)15(18)19/h3-9H,1-2H3,(H,18,19). The molecule has 0 bridgehead atoms. The highest BCUT2D eigenvalue weighted by Gasteiger charge is 2.19. The number of hydrogen-bond acceptors (Lipinski definition) is 6. The molecule has 1 N–H and O–H groups in total. The quantitative estimate of drug-likeness (QED) is 0.832. The molecular formula is C17H14O6S. The fourth-order valence-electron chi connectivity index (χ4n) is 1.96. The van der Waals surface area contributed by atoms with Gasteiger partial charge in [-0.05, 0) is 42.5 Å². The molecule has 0 spiro atoms. The van der Waals surface area contributed by atoms with Crippen LogP contribution in [0.15, 0.2) is 52.3 Å². The number of hydrogen-bond donors (Lipinski definition) is 1. The van der Waals surface area contributed by atoms with Crippen molar-refractivity contribution in [2.45, 2.75) is 9.79 Å². The third kappa shape index (κ3) is 3.94. The second-order valence-electron chi connectivity index (χ2n) is 4.62. The normalized spacial score (nSPS) is 10.1. The summed E-state index contributed by atoms with van der Waals surface area (Å²) in [4.78, 5) is 36.0. The van der Waals surface area contributed by atoms with Crippen LogP contribution >= 0.6 is 11.8 Å². The summed E-state index contributed by atoms with van der Waals surface area (Å²) in [7, 11) is 2.46. The maximum Gasteiger partial charge on any atom is 0.338 e. The molecule has 124 valence electrons. The summed E-state index contributed by atoms with van der Waals surface area (Å²) in [6, 6.07) is 11.0. The molecule has 0 aliphatic rings. The van der Waals surface area contributed by atoms with Gasteiger partial charge in [-0.1, -0.05) is 11.8 Å². The molecule has 7 heteroatoms. The molecule has 0 unspecified atom stereocenters. The molecular weight excluding hydrogens is 332 g/mol. The Bertz CT molecular complexity index is 782. The van der Waals surface area contributed by atoms with Crippen LogP contribution in [0.2, 0.25) is 0 Å². The minimum atomic E-state index is -0.998. The highest BCUT2D eigenvalue weighted by atomic mass is 32.2. The first kappa shape index (κ1) is 17.6. The number of esters is 2. The molecule has 0 fully saturated rings. The van der Waals surface area contributed by atoms with Gasteiger partial charge in [0.2, 0.25) is 0 Å². The number of aromatic carboxylic acids is 1. The predicted molar refractivity (Wildman–Crippen MR) is 86.6 cm³/mol. The van der Waals surface area contributed by atoms with Gasteiger partial charge in [0.25, 0.3) is 0 Å². The fourth-order valence-corrected chi connectivity index (χ4v) is 2.81.